The molecule has 3 aliphatic rings. The maximum Gasteiger partial charge on any atom is 0.292 e. The first-order valence-electron chi connectivity index (χ1n) is 11.9. The largest absolute Gasteiger partial charge is 0.379 e. The Bertz CT molecular complexity index is 784. The monoisotopic (exact) mass is 445 g/mol. The van der Waals surface area contributed by atoms with Gasteiger partial charge in [0.2, 0.25) is 5.91 Å². The number of rotatable bonds is 7. The Balaban J connectivity index is 1.27. The number of morpholine rings is 1. The molecule has 2 aliphatic heterocycles. The first kappa shape index (κ1) is 22.9. The molecule has 4 rings (SSSR count). The minimum Gasteiger partial charge on any atom is -0.379 e. The van der Waals surface area contributed by atoms with E-state index in [1.165, 1.54) is 19.3 Å². The molecule has 1 aromatic rings. The zero-order valence-corrected chi connectivity index (χ0v) is 18.8. The summed E-state index contributed by atoms with van der Waals surface area (Å²) in [7, 11) is 0. The number of nitrogens with zero attached hydrogens (tertiary/aromatic N) is 4. The lowest BCUT2D eigenvalue weighted by molar-refractivity contribution is -0.384. The molecule has 0 radical (unpaired) electrons. The summed E-state index contributed by atoms with van der Waals surface area (Å²) in [6.45, 7) is 7.33. The third kappa shape index (κ3) is 5.39. The van der Waals surface area contributed by atoms with E-state index < -0.39 is 0 Å². The van der Waals surface area contributed by atoms with Crippen molar-refractivity contribution < 1.29 is 14.5 Å². The predicted octanol–water partition coefficient (Wildman–Crippen LogP) is 1.87. The second kappa shape index (κ2) is 10.6. The van der Waals surface area contributed by atoms with E-state index in [1.807, 2.05) is 11.0 Å². The third-order valence-electron chi connectivity index (χ3n) is 7.24. The fourth-order valence-electron chi connectivity index (χ4n) is 5.41. The van der Waals surface area contributed by atoms with Crippen LogP contribution in [0.25, 0.3) is 0 Å². The van der Waals surface area contributed by atoms with E-state index in [9.17, 15) is 14.9 Å². The van der Waals surface area contributed by atoms with Gasteiger partial charge in [-0.2, -0.15) is 0 Å². The standard InChI is InChI=1S/C23H35N5O4/c29-22(24-19-23(8-4-1-5-9-23)27-14-16-32-17-15-27)18-25-10-12-26(13-11-25)20-6-2-3-7-21(20)28(30)31/h2-3,6-7H,1,4-5,8-19H2,(H,24,29). The Morgan fingerprint density at radius 2 is 1.72 bits per heavy atom. The fraction of sp³-hybridized carbons (Fsp3) is 0.696. The zero-order chi connectivity index (χ0) is 22.4. The fourth-order valence-corrected chi connectivity index (χ4v) is 5.41. The molecule has 1 aliphatic carbocycles. The number of hydrogen-bond donors (Lipinski definition) is 1. The van der Waals surface area contributed by atoms with Crippen LogP contribution < -0.4 is 10.2 Å². The summed E-state index contributed by atoms with van der Waals surface area (Å²) < 4.78 is 5.55. The highest BCUT2D eigenvalue weighted by Crippen LogP contribution is 2.34. The molecule has 9 heteroatoms. The van der Waals surface area contributed by atoms with Crippen molar-refractivity contribution in [1.29, 1.82) is 0 Å². The van der Waals surface area contributed by atoms with E-state index in [0.717, 1.165) is 39.1 Å². The molecule has 2 saturated heterocycles. The number of ether oxygens (including phenoxy) is 1. The van der Waals surface area contributed by atoms with E-state index in [1.54, 1.807) is 18.2 Å². The Hall–Kier alpha value is -2.23. The number of piperazine rings is 1. The molecule has 0 unspecified atom stereocenters. The molecule has 1 saturated carbocycles. The molecule has 1 aromatic carbocycles. The maximum atomic E-state index is 12.8. The molecular weight excluding hydrogens is 410 g/mol. The molecule has 176 valence electrons. The third-order valence-corrected chi connectivity index (χ3v) is 7.24. The van der Waals surface area contributed by atoms with E-state index in [4.69, 9.17) is 4.74 Å². The van der Waals surface area contributed by atoms with Crippen molar-refractivity contribution in [3.63, 3.8) is 0 Å². The Labute approximate surface area is 189 Å². The first-order chi connectivity index (χ1) is 15.6. The molecule has 1 amide bonds. The number of nitro groups is 1. The van der Waals surface area contributed by atoms with Crippen LogP contribution in [0.15, 0.2) is 24.3 Å². The van der Waals surface area contributed by atoms with Gasteiger partial charge >= 0.3 is 0 Å². The summed E-state index contributed by atoms with van der Waals surface area (Å²) in [5, 5.41) is 14.6. The van der Waals surface area contributed by atoms with Crippen molar-refractivity contribution in [3.8, 4) is 0 Å². The number of nitro benzene ring substituents is 1. The quantitative estimate of drug-likeness (QED) is 0.506. The average molecular weight is 446 g/mol. The lowest BCUT2D eigenvalue weighted by atomic mass is 9.79. The number of anilines is 1. The minimum absolute atomic E-state index is 0.0716. The van der Waals surface area contributed by atoms with Gasteiger partial charge in [-0.3, -0.25) is 24.7 Å². The normalized spacial score (nSPS) is 22.4. The van der Waals surface area contributed by atoms with Gasteiger partial charge in [-0.1, -0.05) is 31.4 Å². The van der Waals surface area contributed by atoms with Gasteiger partial charge in [0.05, 0.1) is 24.7 Å². The van der Waals surface area contributed by atoms with Gasteiger partial charge in [0.25, 0.3) is 5.69 Å². The van der Waals surface area contributed by atoms with Crippen LogP contribution in [0, 0.1) is 10.1 Å². The number of carbonyl (C=O) groups excluding carboxylic acids is 1. The summed E-state index contributed by atoms with van der Waals surface area (Å²) in [5.74, 6) is 0.0716. The van der Waals surface area contributed by atoms with Crippen LogP contribution in [0.2, 0.25) is 0 Å². The number of carbonyl (C=O) groups is 1. The van der Waals surface area contributed by atoms with Crippen LogP contribution in [0.3, 0.4) is 0 Å². The van der Waals surface area contributed by atoms with Gasteiger partial charge in [0, 0.05) is 57.4 Å². The minimum atomic E-state index is -0.329. The van der Waals surface area contributed by atoms with Crippen molar-refractivity contribution in [2.75, 3.05) is 70.5 Å². The van der Waals surface area contributed by atoms with Crippen LogP contribution >= 0.6 is 0 Å². The van der Waals surface area contributed by atoms with Gasteiger partial charge in [-0.15, -0.1) is 0 Å². The number of nitrogens with one attached hydrogen (secondary N) is 1. The molecule has 9 nitrogen and oxygen atoms in total. The van der Waals surface area contributed by atoms with Crippen LogP contribution in [-0.4, -0.2) is 91.7 Å². The second-order valence-electron chi connectivity index (χ2n) is 9.17. The summed E-state index contributed by atoms with van der Waals surface area (Å²) in [6, 6.07) is 6.87. The Kier molecular flexibility index (Phi) is 7.59. The summed E-state index contributed by atoms with van der Waals surface area (Å²) >= 11 is 0. The lowest BCUT2D eigenvalue weighted by Gasteiger charge is -2.48. The van der Waals surface area contributed by atoms with E-state index in [0.29, 0.717) is 45.0 Å². The number of amides is 1. The van der Waals surface area contributed by atoms with Gasteiger partial charge < -0.3 is 15.0 Å². The van der Waals surface area contributed by atoms with Crippen LogP contribution in [0.5, 0.6) is 0 Å². The summed E-state index contributed by atoms with van der Waals surface area (Å²) in [5.41, 5.74) is 0.869. The van der Waals surface area contributed by atoms with E-state index in [2.05, 4.69) is 15.1 Å². The van der Waals surface area contributed by atoms with Gasteiger partial charge in [0.1, 0.15) is 5.69 Å². The predicted molar refractivity (Wildman–Crippen MR) is 123 cm³/mol. The molecular formula is C23H35N5O4. The summed E-state index contributed by atoms with van der Waals surface area (Å²) in [6.07, 6.45) is 6.01. The number of para-hydroxylation sites is 2. The van der Waals surface area contributed by atoms with Crippen LogP contribution in [-0.2, 0) is 9.53 Å². The van der Waals surface area contributed by atoms with Gasteiger partial charge in [-0.25, -0.2) is 0 Å². The number of hydrogen-bond acceptors (Lipinski definition) is 7. The molecule has 0 aromatic heterocycles. The molecule has 0 atom stereocenters. The topological polar surface area (TPSA) is 91.2 Å². The Morgan fingerprint density at radius 1 is 1.03 bits per heavy atom. The highest BCUT2D eigenvalue weighted by atomic mass is 16.6. The van der Waals surface area contributed by atoms with Crippen molar-refractivity contribution in [2.45, 2.75) is 37.6 Å². The van der Waals surface area contributed by atoms with Crippen molar-refractivity contribution >= 4 is 17.3 Å². The van der Waals surface area contributed by atoms with E-state index in [-0.39, 0.29) is 22.1 Å². The van der Waals surface area contributed by atoms with Crippen molar-refractivity contribution in [3.05, 3.63) is 34.4 Å². The summed E-state index contributed by atoms with van der Waals surface area (Å²) in [4.78, 5) is 30.5. The molecule has 32 heavy (non-hydrogen) atoms. The van der Waals surface area contributed by atoms with Crippen molar-refractivity contribution in [2.24, 2.45) is 0 Å². The zero-order valence-electron chi connectivity index (χ0n) is 18.8. The highest BCUT2D eigenvalue weighted by Gasteiger charge is 2.39. The highest BCUT2D eigenvalue weighted by molar-refractivity contribution is 5.78. The second-order valence-corrected chi connectivity index (χ2v) is 9.17. The van der Waals surface area contributed by atoms with Crippen LogP contribution in [0.1, 0.15) is 32.1 Å². The Morgan fingerprint density at radius 3 is 2.41 bits per heavy atom. The van der Waals surface area contributed by atoms with E-state index >= 15 is 0 Å². The van der Waals surface area contributed by atoms with Gasteiger partial charge in [0.15, 0.2) is 0 Å². The lowest BCUT2D eigenvalue weighted by Crippen LogP contribution is -2.60. The smallest absolute Gasteiger partial charge is 0.292 e. The van der Waals surface area contributed by atoms with Gasteiger partial charge in [-0.05, 0) is 18.9 Å². The first-order valence-corrected chi connectivity index (χ1v) is 11.9. The van der Waals surface area contributed by atoms with Crippen LogP contribution in [0.4, 0.5) is 11.4 Å². The molecule has 3 fully saturated rings. The van der Waals surface area contributed by atoms with Crippen molar-refractivity contribution in [1.82, 2.24) is 15.1 Å². The molecule has 0 bridgehead atoms. The number of benzene rings is 1. The maximum absolute atomic E-state index is 12.8. The average Bonchev–Trinajstić information content (AvgIpc) is 2.84. The molecule has 0 spiro atoms. The SMILES string of the molecule is O=C(CN1CCN(c2ccccc2[N+](=O)[O-])CC1)NCC1(N2CCOCC2)CCCCC1. The molecule has 1 N–H and O–H groups in total. The molecule has 2 heterocycles.